The Balaban J connectivity index is 2.20. The number of amides is 1. The van der Waals surface area contributed by atoms with Gasteiger partial charge in [-0.05, 0) is 12.1 Å². The Morgan fingerprint density at radius 1 is 1.55 bits per heavy atom. The van der Waals surface area contributed by atoms with E-state index in [0.717, 1.165) is 9.37 Å². The fourth-order valence-electron chi connectivity index (χ4n) is 2.54. The molecule has 116 valence electrons. The van der Waals surface area contributed by atoms with Crippen LogP contribution in [0.5, 0.6) is 0 Å². The largest absolute Gasteiger partial charge is 0.317 e. The van der Waals surface area contributed by atoms with Crippen molar-refractivity contribution in [3.63, 3.8) is 0 Å². The molecule has 0 saturated heterocycles. The second-order valence-corrected chi connectivity index (χ2v) is 6.81. The van der Waals surface area contributed by atoms with Gasteiger partial charge in [-0.25, -0.2) is 5.48 Å². The summed E-state index contributed by atoms with van der Waals surface area (Å²) in [5.74, 6) is 0.188. The SMILES string of the molecule is CONC(=O)CC1CSc2cc(Br)cc3[nH]c(=O)c(=O)n1c23. The highest BCUT2D eigenvalue weighted by molar-refractivity contribution is 9.10. The molecule has 0 aliphatic carbocycles. The molecule has 1 aliphatic rings. The molecule has 2 heterocycles. The summed E-state index contributed by atoms with van der Waals surface area (Å²) in [6.45, 7) is 0. The molecule has 0 saturated carbocycles. The number of aromatic amines is 1. The number of hydrogen-bond acceptors (Lipinski definition) is 5. The first-order valence-electron chi connectivity index (χ1n) is 6.44. The topological polar surface area (TPSA) is 93.2 Å². The molecule has 1 aliphatic heterocycles. The number of hydroxylamine groups is 1. The van der Waals surface area contributed by atoms with Crippen LogP contribution in [0.4, 0.5) is 0 Å². The Kier molecular flexibility index (Phi) is 4.11. The number of aromatic nitrogens is 2. The molecule has 2 aromatic rings. The van der Waals surface area contributed by atoms with Gasteiger partial charge in [0.2, 0.25) is 5.91 Å². The van der Waals surface area contributed by atoms with Crippen molar-refractivity contribution < 1.29 is 9.63 Å². The molecule has 1 atom stereocenters. The van der Waals surface area contributed by atoms with Crippen molar-refractivity contribution in [2.75, 3.05) is 12.9 Å². The van der Waals surface area contributed by atoms with Crippen LogP contribution in [0.1, 0.15) is 12.5 Å². The first-order chi connectivity index (χ1) is 10.5. The summed E-state index contributed by atoms with van der Waals surface area (Å²) in [5, 5.41) is 0. The first-order valence-corrected chi connectivity index (χ1v) is 8.22. The standard InChI is InChI=1S/C13H12BrN3O4S/c1-21-16-10(18)4-7-5-22-9-3-6(14)2-8-11(9)17(7)13(20)12(19)15-8/h2-3,7H,4-5H2,1H3,(H,15,19)(H,16,18). The Morgan fingerprint density at radius 3 is 3.05 bits per heavy atom. The van der Waals surface area contributed by atoms with Gasteiger partial charge in [0.25, 0.3) is 0 Å². The van der Waals surface area contributed by atoms with Crippen molar-refractivity contribution in [1.29, 1.82) is 0 Å². The van der Waals surface area contributed by atoms with Crippen molar-refractivity contribution in [2.24, 2.45) is 0 Å². The summed E-state index contributed by atoms with van der Waals surface area (Å²) < 4.78 is 2.24. The van der Waals surface area contributed by atoms with Crippen LogP contribution in [0.3, 0.4) is 0 Å². The van der Waals surface area contributed by atoms with E-state index in [-0.39, 0.29) is 12.3 Å². The van der Waals surface area contributed by atoms with Crippen LogP contribution in [0.2, 0.25) is 0 Å². The fourth-order valence-corrected chi connectivity index (χ4v) is 4.35. The Bertz CT molecular complexity index is 876. The van der Waals surface area contributed by atoms with Crippen LogP contribution in [0.25, 0.3) is 11.0 Å². The van der Waals surface area contributed by atoms with Gasteiger partial charge >= 0.3 is 11.1 Å². The predicted molar refractivity (Wildman–Crippen MR) is 86.1 cm³/mol. The number of halogens is 1. The zero-order valence-corrected chi connectivity index (χ0v) is 13.9. The molecular formula is C13H12BrN3O4S. The zero-order valence-electron chi connectivity index (χ0n) is 11.5. The Morgan fingerprint density at radius 2 is 2.32 bits per heavy atom. The van der Waals surface area contributed by atoms with Gasteiger partial charge in [0.05, 0.1) is 30.6 Å². The molecule has 0 radical (unpaired) electrons. The van der Waals surface area contributed by atoms with E-state index in [0.29, 0.717) is 16.8 Å². The number of rotatable bonds is 3. The van der Waals surface area contributed by atoms with E-state index in [9.17, 15) is 14.4 Å². The van der Waals surface area contributed by atoms with Crippen LogP contribution in [0, 0.1) is 0 Å². The Hall–Kier alpha value is -1.58. The number of carbonyl (C=O) groups is 1. The molecule has 1 aromatic carbocycles. The van der Waals surface area contributed by atoms with Crippen molar-refractivity contribution in [1.82, 2.24) is 15.0 Å². The lowest BCUT2D eigenvalue weighted by Crippen LogP contribution is -2.41. The molecule has 22 heavy (non-hydrogen) atoms. The normalized spacial score (nSPS) is 16.7. The van der Waals surface area contributed by atoms with E-state index in [1.807, 2.05) is 6.07 Å². The molecule has 2 N–H and O–H groups in total. The zero-order chi connectivity index (χ0) is 15.9. The molecular weight excluding hydrogens is 374 g/mol. The third-order valence-corrected chi connectivity index (χ3v) is 5.01. The highest BCUT2D eigenvalue weighted by Crippen LogP contribution is 2.37. The molecule has 0 spiro atoms. The molecule has 1 amide bonds. The number of thioether (sulfide) groups is 1. The van der Waals surface area contributed by atoms with E-state index in [1.165, 1.54) is 11.7 Å². The van der Waals surface area contributed by atoms with Gasteiger partial charge in [-0.15, -0.1) is 11.8 Å². The van der Waals surface area contributed by atoms with Gasteiger partial charge in [-0.1, -0.05) is 15.9 Å². The fraction of sp³-hybridized carbons (Fsp3) is 0.308. The third-order valence-electron chi connectivity index (χ3n) is 3.38. The minimum absolute atomic E-state index is 0.0643. The van der Waals surface area contributed by atoms with Gasteiger partial charge < -0.3 is 4.98 Å². The molecule has 9 heteroatoms. The van der Waals surface area contributed by atoms with Crippen LogP contribution in [-0.4, -0.2) is 28.3 Å². The van der Waals surface area contributed by atoms with Crippen molar-refractivity contribution in [3.05, 3.63) is 37.3 Å². The third kappa shape index (κ3) is 2.59. The summed E-state index contributed by atoms with van der Waals surface area (Å²) in [6.07, 6.45) is 0.0643. The van der Waals surface area contributed by atoms with Gasteiger partial charge in [0.1, 0.15) is 0 Å². The average molecular weight is 386 g/mol. The number of nitrogens with one attached hydrogen (secondary N) is 2. The van der Waals surface area contributed by atoms with E-state index >= 15 is 0 Å². The Labute approximate surface area is 137 Å². The van der Waals surface area contributed by atoms with E-state index in [4.69, 9.17) is 0 Å². The summed E-state index contributed by atoms with van der Waals surface area (Å²) in [4.78, 5) is 44.0. The monoisotopic (exact) mass is 385 g/mol. The highest BCUT2D eigenvalue weighted by atomic mass is 79.9. The summed E-state index contributed by atoms with van der Waals surface area (Å²) in [5.41, 5.74) is 2.11. The summed E-state index contributed by atoms with van der Waals surface area (Å²) >= 11 is 4.93. The number of H-pyrrole nitrogens is 1. The van der Waals surface area contributed by atoms with E-state index in [2.05, 4.69) is 31.2 Å². The number of nitrogens with zero attached hydrogens (tertiary/aromatic N) is 1. The number of carbonyl (C=O) groups excluding carboxylic acids is 1. The van der Waals surface area contributed by atoms with Gasteiger partial charge in [-0.2, -0.15) is 0 Å². The number of hydrogen-bond donors (Lipinski definition) is 2. The second kappa shape index (κ2) is 5.90. The van der Waals surface area contributed by atoms with Crippen molar-refractivity contribution >= 4 is 44.6 Å². The van der Waals surface area contributed by atoms with E-state index < -0.39 is 17.2 Å². The van der Waals surface area contributed by atoms with Crippen LogP contribution in [-0.2, 0) is 9.63 Å². The maximum Gasteiger partial charge on any atom is 0.317 e. The lowest BCUT2D eigenvalue weighted by Gasteiger charge is -2.26. The van der Waals surface area contributed by atoms with Crippen LogP contribution in [0.15, 0.2) is 31.1 Å². The second-order valence-electron chi connectivity index (χ2n) is 4.83. The van der Waals surface area contributed by atoms with Crippen LogP contribution >= 0.6 is 27.7 Å². The molecule has 0 bridgehead atoms. The molecule has 7 nitrogen and oxygen atoms in total. The maximum absolute atomic E-state index is 12.3. The lowest BCUT2D eigenvalue weighted by molar-refractivity contribution is -0.131. The quantitative estimate of drug-likeness (QED) is 0.610. The molecule has 1 aromatic heterocycles. The van der Waals surface area contributed by atoms with Crippen molar-refractivity contribution in [3.8, 4) is 0 Å². The maximum atomic E-state index is 12.3. The average Bonchev–Trinajstić information content (AvgIpc) is 2.45. The van der Waals surface area contributed by atoms with Gasteiger partial charge in [-0.3, -0.25) is 23.8 Å². The molecule has 1 unspecified atom stereocenters. The molecule has 0 fully saturated rings. The van der Waals surface area contributed by atoms with Gasteiger partial charge in [0, 0.05) is 15.1 Å². The van der Waals surface area contributed by atoms with E-state index in [1.54, 1.807) is 17.8 Å². The predicted octanol–water partition coefficient (Wildman–Crippen LogP) is 1.17. The lowest BCUT2D eigenvalue weighted by atomic mass is 10.2. The minimum Gasteiger partial charge on any atom is -0.316 e. The highest BCUT2D eigenvalue weighted by Gasteiger charge is 2.27. The minimum atomic E-state index is -0.694. The first kappa shape index (κ1) is 15.3. The van der Waals surface area contributed by atoms with Crippen LogP contribution < -0.4 is 16.6 Å². The van der Waals surface area contributed by atoms with Gasteiger partial charge in [0.15, 0.2) is 0 Å². The number of benzene rings is 1. The summed E-state index contributed by atoms with van der Waals surface area (Å²) in [7, 11) is 1.35. The summed E-state index contributed by atoms with van der Waals surface area (Å²) in [6, 6.07) is 3.24. The smallest absolute Gasteiger partial charge is 0.316 e. The van der Waals surface area contributed by atoms with Crippen molar-refractivity contribution in [2.45, 2.75) is 17.4 Å². The molecule has 3 rings (SSSR count).